The molecule has 2 unspecified atom stereocenters. The quantitative estimate of drug-likeness (QED) is 0.911. The molecule has 0 radical (unpaired) electrons. The molecule has 0 amide bonds. The van der Waals surface area contributed by atoms with Crippen LogP contribution in [0, 0.1) is 11.7 Å². The van der Waals surface area contributed by atoms with Crippen molar-refractivity contribution >= 4 is 0 Å². The maximum absolute atomic E-state index is 14.1. The van der Waals surface area contributed by atoms with Gasteiger partial charge in [-0.1, -0.05) is 0 Å². The van der Waals surface area contributed by atoms with E-state index in [9.17, 15) is 4.39 Å². The highest BCUT2D eigenvalue weighted by Crippen LogP contribution is 2.35. The molecular weight excluding hydrogens is 249 g/mol. The summed E-state index contributed by atoms with van der Waals surface area (Å²) in [5, 5.41) is 0. The summed E-state index contributed by atoms with van der Waals surface area (Å²) in [7, 11) is 3.00. The van der Waals surface area contributed by atoms with Crippen LogP contribution in [-0.4, -0.2) is 27.4 Å². The van der Waals surface area contributed by atoms with Gasteiger partial charge in [-0.3, -0.25) is 0 Å². The monoisotopic (exact) mass is 269 g/mol. The molecule has 0 saturated carbocycles. The van der Waals surface area contributed by atoms with Gasteiger partial charge in [0.15, 0.2) is 11.5 Å². The molecule has 2 atom stereocenters. The molecule has 0 spiro atoms. The first-order chi connectivity index (χ1) is 9.17. The highest BCUT2D eigenvalue weighted by Gasteiger charge is 2.26. The Morgan fingerprint density at radius 2 is 2.00 bits per heavy atom. The van der Waals surface area contributed by atoms with Gasteiger partial charge in [-0.2, -0.15) is 0 Å². The van der Waals surface area contributed by atoms with Crippen molar-refractivity contribution in [1.82, 2.24) is 0 Å². The molecule has 1 aliphatic heterocycles. The fourth-order valence-corrected chi connectivity index (χ4v) is 2.43. The molecular formula is C14H20FNO3. The van der Waals surface area contributed by atoms with Crippen LogP contribution in [0.5, 0.6) is 11.5 Å². The zero-order chi connectivity index (χ0) is 13.8. The summed E-state index contributed by atoms with van der Waals surface area (Å²) in [5.41, 5.74) is 6.62. The summed E-state index contributed by atoms with van der Waals surface area (Å²) in [6, 6.07) is 2.55. The van der Waals surface area contributed by atoms with Gasteiger partial charge in [0, 0.05) is 30.2 Å². The van der Waals surface area contributed by atoms with E-state index in [0.29, 0.717) is 23.7 Å². The zero-order valence-corrected chi connectivity index (χ0v) is 11.3. The molecule has 4 nitrogen and oxygen atoms in total. The molecule has 0 aromatic heterocycles. The number of benzene rings is 1. The van der Waals surface area contributed by atoms with Gasteiger partial charge in [-0.05, 0) is 18.9 Å². The Morgan fingerprint density at radius 1 is 1.32 bits per heavy atom. The maximum Gasteiger partial charge on any atom is 0.163 e. The van der Waals surface area contributed by atoms with Crippen LogP contribution < -0.4 is 15.2 Å². The molecule has 0 aliphatic carbocycles. The van der Waals surface area contributed by atoms with Crippen molar-refractivity contribution in [2.24, 2.45) is 11.7 Å². The molecule has 2 rings (SSSR count). The van der Waals surface area contributed by atoms with Crippen LogP contribution in [0.1, 0.15) is 24.4 Å². The SMILES string of the molecule is COc1cc(F)c(C(N)C2CCCOC2)cc1OC. The summed E-state index contributed by atoms with van der Waals surface area (Å²) >= 11 is 0. The van der Waals surface area contributed by atoms with E-state index in [4.69, 9.17) is 19.9 Å². The molecule has 1 heterocycles. The van der Waals surface area contributed by atoms with E-state index < -0.39 is 0 Å². The van der Waals surface area contributed by atoms with Gasteiger partial charge < -0.3 is 19.9 Å². The van der Waals surface area contributed by atoms with Gasteiger partial charge in [0.1, 0.15) is 5.82 Å². The Labute approximate surface area is 112 Å². The van der Waals surface area contributed by atoms with E-state index in [-0.39, 0.29) is 17.8 Å². The smallest absolute Gasteiger partial charge is 0.163 e. The minimum Gasteiger partial charge on any atom is -0.493 e. The fourth-order valence-electron chi connectivity index (χ4n) is 2.43. The average Bonchev–Trinajstić information content (AvgIpc) is 2.47. The predicted octanol–water partition coefficient (Wildman–Crippen LogP) is 2.27. The Bertz CT molecular complexity index is 433. The Morgan fingerprint density at radius 3 is 2.58 bits per heavy atom. The van der Waals surface area contributed by atoms with Crippen LogP contribution in [0.3, 0.4) is 0 Å². The van der Waals surface area contributed by atoms with Crippen LogP contribution in [0.25, 0.3) is 0 Å². The molecule has 1 fully saturated rings. The van der Waals surface area contributed by atoms with Crippen molar-refractivity contribution in [2.75, 3.05) is 27.4 Å². The number of hydrogen-bond acceptors (Lipinski definition) is 4. The third-order valence-corrected chi connectivity index (χ3v) is 3.57. The second-order valence-corrected chi connectivity index (χ2v) is 4.73. The summed E-state index contributed by atoms with van der Waals surface area (Å²) in [6.07, 6.45) is 1.92. The van der Waals surface area contributed by atoms with Gasteiger partial charge in [0.2, 0.25) is 0 Å². The number of ether oxygens (including phenoxy) is 3. The van der Waals surface area contributed by atoms with E-state index in [0.717, 1.165) is 19.4 Å². The van der Waals surface area contributed by atoms with E-state index >= 15 is 0 Å². The molecule has 2 N–H and O–H groups in total. The van der Waals surface area contributed by atoms with Crippen molar-refractivity contribution in [3.63, 3.8) is 0 Å². The van der Waals surface area contributed by atoms with Crippen molar-refractivity contribution in [3.05, 3.63) is 23.5 Å². The van der Waals surface area contributed by atoms with Crippen LogP contribution in [-0.2, 0) is 4.74 Å². The summed E-state index contributed by atoms with van der Waals surface area (Å²) in [6.45, 7) is 1.34. The predicted molar refractivity (Wildman–Crippen MR) is 70.0 cm³/mol. The standard InChI is InChI=1S/C14H20FNO3/c1-17-12-6-10(11(15)7-13(12)18-2)14(16)9-4-3-5-19-8-9/h6-7,9,14H,3-5,8,16H2,1-2H3. The highest BCUT2D eigenvalue weighted by molar-refractivity contribution is 5.44. The first-order valence-electron chi connectivity index (χ1n) is 6.42. The normalized spacial score (nSPS) is 20.9. The summed E-state index contributed by atoms with van der Waals surface area (Å²) in [5.74, 6) is 0.638. The summed E-state index contributed by atoms with van der Waals surface area (Å²) in [4.78, 5) is 0. The van der Waals surface area contributed by atoms with Crippen LogP contribution in [0.4, 0.5) is 4.39 Å². The van der Waals surface area contributed by atoms with Crippen molar-refractivity contribution in [1.29, 1.82) is 0 Å². The minimum absolute atomic E-state index is 0.140. The van der Waals surface area contributed by atoms with Gasteiger partial charge in [0.05, 0.1) is 20.8 Å². The van der Waals surface area contributed by atoms with E-state index in [1.807, 2.05) is 0 Å². The lowest BCUT2D eigenvalue weighted by atomic mass is 9.89. The molecule has 1 saturated heterocycles. The number of methoxy groups -OCH3 is 2. The third-order valence-electron chi connectivity index (χ3n) is 3.57. The highest BCUT2D eigenvalue weighted by atomic mass is 19.1. The van der Waals surface area contributed by atoms with Crippen molar-refractivity contribution in [3.8, 4) is 11.5 Å². The minimum atomic E-state index is -0.389. The van der Waals surface area contributed by atoms with Crippen LogP contribution >= 0.6 is 0 Å². The maximum atomic E-state index is 14.1. The van der Waals surface area contributed by atoms with Crippen LogP contribution in [0.15, 0.2) is 12.1 Å². The number of hydrogen-bond donors (Lipinski definition) is 1. The van der Waals surface area contributed by atoms with Crippen molar-refractivity contribution in [2.45, 2.75) is 18.9 Å². The van der Waals surface area contributed by atoms with E-state index in [1.54, 1.807) is 6.07 Å². The largest absolute Gasteiger partial charge is 0.493 e. The second kappa shape index (κ2) is 6.21. The number of halogens is 1. The van der Waals surface area contributed by atoms with Gasteiger partial charge >= 0.3 is 0 Å². The molecule has 0 bridgehead atoms. The van der Waals surface area contributed by atoms with Gasteiger partial charge in [-0.25, -0.2) is 4.39 Å². The molecule has 19 heavy (non-hydrogen) atoms. The first-order valence-corrected chi connectivity index (χ1v) is 6.42. The number of rotatable bonds is 4. The fraction of sp³-hybridized carbons (Fsp3) is 0.571. The number of nitrogens with two attached hydrogens (primary N) is 1. The molecule has 1 aromatic carbocycles. The Kier molecular flexibility index (Phi) is 4.61. The lowest BCUT2D eigenvalue weighted by Gasteiger charge is -2.28. The van der Waals surface area contributed by atoms with Crippen molar-refractivity contribution < 1.29 is 18.6 Å². The Hall–Kier alpha value is -1.33. The molecule has 5 heteroatoms. The van der Waals surface area contributed by atoms with Gasteiger partial charge in [-0.15, -0.1) is 0 Å². The zero-order valence-electron chi connectivity index (χ0n) is 11.3. The topological polar surface area (TPSA) is 53.7 Å². The second-order valence-electron chi connectivity index (χ2n) is 4.73. The molecule has 106 valence electrons. The lowest BCUT2D eigenvalue weighted by Crippen LogP contribution is -2.29. The Balaban J connectivity index is 2.27. The van der Waals surface area contributed by atoms with E-state index in [1.165, 1.54) is 20.3 Å². The lowest BCUT2D eigenvalue weighted by molar-refractivity contribution is 0.0443. The van der Waals surface area contributed by atoms with E-state index in [2.05, 4.69) is 0 Å². The molecule has 1 aliphatic rings. The van der Waals surface area contributed by atoms with Gasteiger partial charge in [0.25, 0.3) is 0 Å². The average molecular weight is 269 g/mol. The third kappa shape index (κ3) is 2.98. The summed E-state index contributed by atoms with van der Waals surface area (Å²) < 4.78 is 29.8. The first kappa shape index (κ1) is 14.1. The molecule has 1 aromatic rings. The van der Waals surface area contributed by atoms with Crippen LogP contribution in [0.2, 0.25) is 0 Å².